The molecule has 3 aliphatic heterocycles. The molecule has 2 saturated heterocycles. The lowest BCUT2D eigenvalue weighted by atomic mass is 9.94. The van der Waals surface area contributed by atoms with Crippen LogP contribution in [0.2, 0.25) is 5.02 Å². The fourth-order valence-electron chi connectivity index (χ4n) is 6.60. The standard InChI is InChI=1S/C34H41ClN6O4/c1-34(2,3)45-33(42)41-17-16-40(19-23(41)13-14-36)31-26-21-43-29(25-11-5-8-22-9-6-12-27(35)30(22)25)18-28(26)37-32(38-31)44-20-24-10-7-15-39(24)4/h5-6,8-9,11-12,23-24,29H,7,10,13,15-21H2,1-4H3/t23-,24-,29?/m0/s1. The molecule has 2 aromatic carbocycles. The highest BCUT2D eigenvalue weighted by molar-refractivity contribution is 6.35. The molecule has 11 heteroatoms. The maximum absolute atomic E-state index is 13.1. The Morgan fingerprint density at radius 3 is 2.67 bits per heavy atom. The van der Waals surface area contributed by atoms with Gasteiger partial charge in [-0.2, -0.15) is 15.2 Å². The summed E-state index contributed by atoms with van der Waals surface area (Å²) in [4.78, 5) is 29.1. The Labute approximate surface area is 269 Å². The molecule has 10 nitrogen and oxygen atoms in total. The summed E-state index contributed by atoms with van der Waals surface area (Å²) in [5.74, 6) is 0.732. The summed E-state index contributed by atoms with van der Waals surface area (Å²) in [6.45, 7) is 8.78. The van der Waals surface area contributed by atoms with Crippen LogP contribution in [0.25, 0.3) is 10.8 Å². The Morgan fingerprint density at radius 2 is 1.93 bits per heavy atom. The molecule has 2 fully saturated rings. The van der Waals surface area contributed by atoms with Gasteiger partial charge in [-0.05, 0) is 64.2 Å². The maximum Gasteiger partial charge on any atom is 0.410 e. The molecule has 0 aliphatic carbocycles. The molecule has 3 aromatic rings. The fraction of sp³-hybridized carbons (Fsp3) is 0.529. The monoisotopic (exact) mass is 632 g/mol. The van der Waals surface area contributed by atoms with Crippen LogP contribution in [0.1, 0.15) is 63.0 Å². The number of aromatic nitrogens is 2. The van der Waals surface area contributed by atoms with E-state index in [9.17, 15) is 10.1 Å². The zero-order valence-corrected chi connectivity index (χ0v) is 27.2. The van der Waals surface area contributed by atoms with Crippen molar-refractivity contribution in [2.75, 3.05) is 44.7 Å². The van der Waals surface area contributed by atoms with Crippen molar-refractivity contribution in [1.29, 1.82) is 5.26 Å². The molecule has 1 unspecified atom stereocenters. The van der Waals surface area contributed by atoms with Gasteiger partial charge in [-0.25, -0.2) is 4.79 Å². The van der Waals surface area contributed by atoms with Gasteiger partial charge in [0, 0.05) is 48.1 Å². The van der Waals surface area contributed by atoms with Gasteiger partial charge < -0.3 is 28.9 Å². The molecule has 0 bridgehead atoms. The van der Waals surface area contributed by atoms with Gasteiger partial charge in [-0.15, -0.1) is 0 Å². The van der Waals surface area contributed by atoms with Crippen LogP contribution >= 0.6 is 11.6 Å². The second-order valence-electron chi connectivity index (χ2n) is 13.2. The maximum atomic E-state index is 13.1. The van der Waals surface area contributed by atoms with E-state index < -0.39 is 11.7 Å². The van der Waals surface area contributed by atoms with E-state index in [-0.39, 0.29) is 18.6 Å². The lowest BCUT2D eigenvalue weighted by molar-refractivity contribution is 0.0140. The van der Waals surface area contributed by atoms with Crippen LogP contribution in [0.4, 0.5) is 10.6 Å². The number of amides is 1. The number of likely N-dealkylation sites (N-methyl/N-ethyl adjacent to an activating group) is 1. The highest BCUT2D eigenvalue weighted by Crippen LogP contribution is 2.39. The molecular formula is C34H41ClN6O4. The largest absolute Gasteiger partial charge is 0.462 e. The number of likely N-dealkylation sites (tertiary alicyclic amines) is 1. The minimum atomic E-state index is -0.626. The number of ether oxygens (including phenoxy) is 3. The lowest BCUT2D eigenvalue weighted by Gasteiger charge is -2.42. The molecule has 45 heavy (non-hydrogen) atoms. The number of benzene rings is 2. The van der Waals surface area contributed by atoms with Crippen molar-refractivity contribution in [1.82, 2.24) is 19.8 Å². The van der Waals surface area contributed by atoms with Crippen LogP contribution < -0.4 is 9.64 Å². The van der Waals surface area contributed by atoms with Crippen molar-refractivity contribution < 1.29 is 19.0 Å². The van der Waals surface area contributed by atoms with E-state index in [1.165, 1.54) is 0 Å². The molecule has 238 valence electrons. The van der Waals surface area contributed by atoms with E-state index in [4.69, 9.17) is 35.8 Å². The first-order chi connectivity index (χ1) is 21.6. The van der Waals surface area contributed by atoms with Gasteiger partial charge in [0.1, 0.15) is 18.0 Å². The van der Waals surface area contributed by atoms with E-state index in [0.29, 0.717) is 56.3 Å². The highest BCUT2D eigenvalue weighted by Gasteiger charge is 2.36. The Balaban J connectivity index is 1.32. The Hall–Kier alpha value is -3.65. The number of carbonyl (C=O) groups excluding carboxylic acids is 1. The number of anilines is 1. The third-order valence-corrected chi connectivity index (χ3v) is 9.22. The molecule has 4 heterocycles. The van der Waals surface area contributed by atoms with Crippen LogP contribution in [-0.4, -0.2) is 83.4 Å². The van der Waals surface area contributed by atoms with Gasteiger partial charge >= 0.3 is 12.1 Å². The molecule has 1 aromatic heterocycles. The SMILES string of the molecule is CN1CCC[C@H]1COc1nc2c(c(N3CCN(C(=O)OC(C)(C)C)[C@@H](CC#N)C3)n1)COC(c1cccc3cccc(Cl)c13)C2. The third kappa shape index (κ3) is 6.81. The van der Waals surface area contributed by atoms with Crippen LogP contribution in [0.3, 0.4) is 0 Å². The summed E-state index contributed by atoms with van der Waals surface area (Å²) >= 11 is 6.69. The fourth-order valence-corrected chi connectivity index (χ4v) is 6.89. The molecule has 6 rings (SSSR count). The Kier molecular flexibility index (Phi) is 9.05. The number of piperazine rings is 1. The highest BCUT2D eigenvalue weighted by atomic mass is 35.5. The summed E-state index contributed by atoms with van der Waals surface area (Å²) < 4.78 is 18.5. The average Bonchev–Trinajstić information content (AvgIpc) is 3.42. The Morgan fingerprint density at radius 1 is 1.13 bits per heavy atom. The number of fused-ring (bicyclic) bond motifs is 2. The molecule has 0 spiro atoms. The van der Waals surface area contributed by atoms with Gasteiger partial charge in [0.2, 0.25) is 0 Å². The zero-order valence-electron chi connectivity index (χ0n) is 26.5. The molecule has 0 radical (unpaired) electrons. The van der Waals surface area contributed by atoms with E-state index in [1.54, 1.807) is 4.90 Å². The number of hydrogen-bond acceptors (Lipinski definition) is 9. The van der Waals surface area contributed by atoms with Gasteiger partial charge in [0.25, 0.3) is 0 Å². The van der Waals surface area contributed by atoms with Gasteiger partial charge in [0.15, 0.2) is 0 Å². The molecular weight excluding hydrogens is 592 g/mol. The number of hydrogen-bond donors (Lipinski definition) is 0. The third-order valence-electron chi connectivity index (χ3n) is 8.90. The van der Waals surface area contributed by atoms with E-state index in [1.807, 2.05) is 39.0 Å². The van der Waals surface area contributed by atoms with Gasteiger partial charge in [0.05, 0.1) is 36.9 Å². The van der Waals surface area contributed by atoms with Gasteiger partial charge in [-0.1, -0.05) is 41.9 Å². The van der Waals surface area contributed by atoms with Crippen molar-refractivity contribution in [3.8, 4) is 12.1 Å². The topological polar surface area (TPSA) is 104 Å². The first-order valence-corrected chi connectivity index (χ1v) is 16.1. The molecule has 0 saturated carbocycles. The van der Waals surface area contributed by atoms with Crippen LogP contribution in [-0.2, 0) is 22.5 Å². The molecule has 3 aliphatic rings. The lowest BCUT2D eigenvalue weighted by Crippen LogP contribution is -2.56. The quantitative estimate of drug-likeness (QED) is 0.328. The van der Waals surface area contributed by atoms with Crippen molar-refractivity contribution in [2.45, 2.75) is 76.9 Å². The number of nitriles is 1. The van der Waals surface area contributed by atoms with Crippen molar-refractivity contribution in [3.05, 3.63) is 58.2 Å². The smallest absolute Gasteiger partial charge is 0.410 e. The number of carbonyl (C=O) groups is 1. The minimum absolute atomic E-state index is 0.181. The zero-order chi connectivity index (χ0) is 31.7. The summed E-state index contributed by atoms with van der Waals surface area (Å²) in [5, 5.41) is 12.4. The van der Waals surface area contributed by atoms with Crippen LogP contribution in [0.15, 0.2) is 36.4 Å². The van der Waals surface area contributed by atoms with E-state index in [0.717, 1.165) is 52.8 Å². The van der Waals surface area contributed by atoms with E-state index in [2.05, 4.69) is 41.1 Å². The molecule has 1 amide bonds. The first-order valence-electron chi connectivity index (χ1n) is 15.7. The second-order valence-corrected chi connectivity index (χ2v) is 13.6. The average molecular weight is 633 g/mol. The summed E-state index contributed by atoms with van der Waals surface area (Å²) in [6.07, 6.45) is 2.30. The van der Waals surface area contributed by atoms with Crippen molar-refractivity contribution in [3.63, 3.8) is 0 Å². The second kappa shape index (κ2) is 13.0. The molecule has 3 atom stereocenters. The first kappa shape index (κ1) is 31.3. The van der Waals surface area contributed by atoms with Crippen LogP contribution in [0, 0.1) is 11.3 Å². The normalized spacial score (nSPS) is 22.3. The predicted molar refractivity (Wildman–Crippen MR) is 173 cm³/mol. The summed E-state index contributed by atoms with van der Waals surface area (Å²) in [7, 11) is 2.12. The number of halogens is 1. The summed E-state index contributed by atoms with van der Waals surface area (Å²) in [6, 6.07) is 14.6. The summed E-state index contributed by atoms with van der Waals surface area (Å²) in [5.41, 5.74) is 2.18. The van der Waals surface area contributed by atoms with E-state index >= 15 is 0 Å². The predicted octanol–water partition coefficient (Wildman–Crippen LogP) is 5.91. The van der Waals surface area contributed by atoms with Gasteiger partial charge in [-0.3, -0.25) is 0 Å². The van der Waals surface area contributed by atoms with Crippen molar-refractivity contribution >= 4 is 34.3 Å². The van der Waals surface area contributed by atoms with Crippen LogP contribution in [0.5, 0.6) is 6.01 Å². The molecule has 0 N–H and O–H groups in total. The minimum Gasteiger partial charge on any atom is -0.462 e. The number of rotatable bonds is 6. The number of nitrogens with zero attached hydrogens (tertiary/aromatic N) is 6. The van der Waals surface area contributed by atoms with Crippen molar-refractivity contribution in [2.24, 2.45) is 0 Å². The Bertz CT molecular complexity index is 1600.